The molecule has 0 fully saturated rings. The molecule has 0 unspecified atom stereocenters. The molecule has 0 aromatic heterocycles. The van der Waals surface area contributed by atoms with Crippen molar-refractivity contribution in [3.05, 3.63) is 89.5 Å². The fourth-order valence-corrected chi connectivity index (χ4v) is 4.19. The van der Waals surface area contributed by atoms with E-state index in [1.54, 1.807) is 24.3 Å². The van der Waals surface area contributed by atoms with Gasteiger partial charge in [-0.3, -0.25) is 9.59 Å². The summed E-state index contributed by atoms with van der Waals surface area (Å²) in [6.45, 7) is 0.292. The third-order valence-corrected chi connectivity index (χ3v) is 5.73. The van der Waals surface area contributed by atoms with Gasteiger partial charge in [0.15, 0.2) is 0 Å². The van der Waals surface area contributed by atoms with Crippen LogP contribution in [0.4, 0.5) is 10.5 Å². The van der Waals surface area contributed by atoms with Gasteiger partial charge in [0.1, 0.15) is 13.2 Å². The Balaban J connectivity index is 1.17. The van der Waals surface area contributed by atoms with Gasteiger partial charge < -0.3 is 25.2 Å². The zero-order valence-electron chi connectivity index (χ0n) is 19.0. The SMILES string of the molecule is O=C(O)Cc1ccccc1NC(=O)COCCNC(=O)OCC1c2ccccc2-c2ccccc21. The van der Waals surface area contributed by atoms with Crippen molar-refractivity contribution in [2.45, 2.75) is 12.3 Å². The van der Waals surface area contributed by atoms with Crippen LogP contribution in [0.2, 0.25) is 0 Å². The second-order valence-electron chi connectivity index (χ2n) is 8.08. The predicted octanol–water partition coefficient (Wildman–Crippen LogP) is 3.81. The zero-order chi connectivity index (χ0) is 24.6. The fourth-order valence-electron chi connectivity index (χ4n) is 4.19. The van der Waals surface area contributed by atoms with Gasteiger partial charge in [-0.1, -0.05) is 66.7 Å². The van der Waals surface area contributed by atoms with Gasteiger partial charge in [-0.15, -0.1) is 0 Å². The summed E-state index contributed by atoms with van der Waals surface area (Å²) in [6, 6.07) is 22.9. The number of anilines is 1. The lowest BCUT2D eigenvalue weighted by Crippen LogP contribution is -2.30. The molecule has 2 amide bonds. The van der Waals surface area contributed by atoms with E-state index in [1.807, 2.05) is 24.3 Å². The topological polar surface area (TPSA) is 114 Å². The average Bonchev–Trinajstić information content (AvgIpc) is 3.17. The van der Waals surface area contributed by atoms with E-state index >= 15 is 0 Å². The van der Waals surface area contributed by atoms with Crippen molar-refractivity contribution < 1.29 is 29.0 Å². The van der Waals surface area contributed by atoms with Crippen molar-refractivity contribution in [2.24, 2.45) is 0 Å². The van der Waals surface area contributed by atoms with Crippen LogP contribution in [0.3, 0.4) is 0 Å². The van der Waals surface area contributed by atoms with E-state index in [2.05, 4.69) is 34.9 Å². The van der Waals surface area contributed by atoms with Crippen molar-refractivity contribution in [1.82, 2.24) is 5.32 Å². The van der Waals surface area contributed by atoms with Crippen LogP contribution in [0.1, 0.15) is 22.6 Å². The zero-order valence-corrected chi connectivity index (χ0v) is 19.0. The van der Waals surface area contributed by atoms with Crippen LogP contribution < -0.4 is 10.6 Å². The standard InChI is InChI=1S/C27H26N2O6/c30-25(29-24-12-6-1-7-18(24)15-26(31)32)17-34-14-13-28-27(33)35-16-23-21-10-4-2-8-19(21)20-9-3-5-11-22(20)23/h1-12,23H,13-17H2,(H,28,33)(H,29,30)(H,31,32). The summed E-state index contributed by atoms with van der Waals surface area (Å²) in [5.41, 5.74) is 5.54. The number of para-hydroxylation sites is 1. The average molecular weight is 475 g/mol. The number of carboxylic acids is 1. The first-order chi connectivity index (χ1) is 17.0. The maximum Gasteiger partial charge on any atom is 0.407 e. The van der Waals surface area contributed by atoms with Gasteiger partial charge in [-0.25, -0.2) is 4.79 Å². The number of hydrogen-bond donors (Lipinski definition) is 3. The molecule has 8 nitrogen and oxygen atoms in total. The number of alkyl carbamates (subject to hydrolysis) is 1. The molecule has 0 aliphatic heterocycles. The molecular formula is C27H26N2O6. The Bertz CT molecular complexity index is 1180. The fraction of sp³-hybridized carbons (Fsp3) is 0.222. The van der Waals surface area contributed by atoms with Crippen molar-refractivity contribution in [3.8, 4) is 11.1 Å². The van der Waals surface area contributed by atoms with Gasteiger partial charge >= 0.3 is 12.1 Å². The smallest absolute Gasteiger partial charge is 0.407 e. The van der Waals surface area contributed by atoms with Crippen molar-refractivity contribution in [3.63, 3.8) is 0 Å². The molecule has 35 heavy (non-hydrogen) atoms. The Hall–Kier alpha value is -4.17. The molecule has 0 radical (unpaired) electrons. The van der Waals surface area contributed by atoms with Crippen LogP contribution in [0, 0.1) is 0 Å². The quantitative estimate of drug-likeness (QED) is 0.385. The number of aliphatic carboxylic acids is 1. The van der Waals surface area contributed by atoms with Crippen LogP contribution in [-0.4, -0.2) is 49.4 Å². The van der Waals surface area contributed by atoms with Gasteiger partial charge in [-0.2, -0.15) is 0 Å². The molecule has 1 aliphatic rings. The Morgan fingerprint density at radius 2 is 1.49 bits per heavy atom. The van der Waals surface area contributed by atoms with Gasteiger partial charge in [0.25, 0.3) is 0 Å². The maximum atomic E-state index is 12.2. The van der Waals surface area contributed by atoms with Crippen molar-refractivity contribution >= 4 is 23.7 Å². The first-order valence-corrected chi connectivity index (χ1v) is 11.3. The van der Waals surface area contributed by atoms with Crippen molar-refractivity contribution in [1.29, 1.82) is 0 Å². The van der Waals surface area contributed by atoms with Crippen LogP contribution in [0.15, 0.2) is 72.8 Å². The molecule has 1 aliphatic carbocycles. The van der Waals surface area contributed by atoms with E-state index in [0.717, 1.165) is 22.3 Å². The number of nitrogens with one attached hydrogen (secondary N) is 2. The predicted molar refractivity (Wildman–Crippen MR) is 130 cm³/mol. The highest BCUT2D eigenvalue weighted by atomic mass is 16.5. The first-order valence-electron chi connectivity index (χ1n) is 11.3. The number of hydrogen-bond acceptors (Lipinski definition) is 5. The Morgan fingerprint density at radius 1 is 0.857 bits per heavy atom. The van der Waals surface area contributed by atoms with Crippen LogP contribution >= 0.6 is 0 Å². The molecule has 3 aromatic rings. The summed E-state index contributed by atoms with van der Waals surface area (Å²) in [7, 11) is 0. The highest BCUT2D eigenvalue weighted by Gasteiger charge is 2.28. The number of benzene rings is 3. The van der Waals surface area contributed by atoms with E-state index < -0.39 is 18.0 Å². The molecule has 0 bridgehead atoms. The molecule has 4 rings (SSSR count). The number of ether oxygens (including phenoxy) is 2. The van der Waals surface area contributed by atoms with E-state index in [-0.39, 0.29) is 38.7 Å². The van der Waals surface area contributed by atoms with E-state index in [0.29, 0.717) is 11.3 Å². The number of rotatable bonds is 10. The van der Waals surface area contributed by atoms with Crippen LogP contribution in [-0.2, 0) is 25.5 Å². The highest BCUT2D eigenvalue weighted by Crippen LogP contribution is 2.44. The maximum absolute atomic E-state index is 12.2. The monoisotopic (exact) mass is 474 g/mol. The first kappa shape index (κ1) is 24.0. The molecule has 180 valence electrons. The molecule has 0 heterocycles. The lowest BCUT2D eigenvalue weighted by molar-refractivity contribution is -0.136. The Morgan fingerprint density at radius 3 is 2.17 bits per heavy atom. The van der Waals surface area contributed by atoms with Gasteiger partial charge in [0.2, 0.25) is 5.91 Å². The Labute approximate surface area is 202 Å². The lowest BCUT2D eigenvalue weighted by atomic mass is 9.98. The van der Waals surface area contributed by atoms with Crippen LogP contribution in [0.25, 0.3) is 11.1 Å². The van der Waals surface area contributed by atoms with Crippen molar-refractivity contribution in [2.75, 3.05) is 31.7 Å². The summed E-state index contributed by atoms with van der Waals surface area (Å²) >= 11 is 0. The number of amides is 2. The van der Waals surface area contributed by atoms with E-state index in [4.69, 9.17) is 14.6 Å². The largest absolute Gasteiger partial charge is 0.481 e. The molecular weight excluding hydrogens is 448 g/mol. The third-order valence-electron chi connectivity index (χ3n) is 5.73. The number of carbonyl (C=O) groups is 3. The number of carbonyl (C=O) groups excluding carboxylic acids is 2. The van der Waals surface area contributed by atoms with Crippen LogP contribution in [0.5, 0.6) is 0 Å². The number of carboxylic acid groups (broad SMARTS) is 1. The normalized spacial score (nSPS) is 11.9. The van der Waals surface area contributed by atoms with E-state index in [1.165, 1.54) is 0 Å². The number of fused-ring (bicyclic) bond motifs is 3. The van der Waals surface area contributed by atoms with Gasteiger partial charge in [-0.05, 0) is 33.9 Å². The molecule has 0 spiro atoms. The lowest BCUT2D eigenvalue weighted by Gasteiger charge is -2.14. The Kier molecular flexibility index (Phi) is 7.74. The highest BCUT2D eigenvalue weighted by molar-refractivity contribution is 5.93. The minimum absolute atomic E-state index is 0.0166. The molecule has 0 saturated heterocycles. The molecule has 0 saturated carbocycles. The summed E-state index contributed by atoms with van der Waals surface area (Å²) in [5.74, 6) is -1.41. The third kappa shape index (κ3) is 6.04. The molecule has 0 atom stereocenters. The van der Waals surface area contributed by atoms with Gasteiger partial charge in [0.05, 0.1) is 13.0 Å². The summed E-state index contributed by atoms with van der Waals surface area (Å²) in [6.07, 6.45) is -0.746. The van der Waals surface area contributed by atoms with Gasteiger partial charge in [0, 0.05) is 18.2 Å². The molecule has 8 heteroatoms. The molecule has 3 N–H and O–H groups in total. The minimum Gasteiger partial charge on any atom is -0.481 e. The van der Waals surface area contributed by atoms with E-state index in [9.17, 15) is 14.4 Å². The summed E-state index contributed by atoms with van der Waals surface area (Å²) in [5, 5.41) is 14.2. The molecule has 3 aromatic carbocycles. The summed E-state index contributed by atoms with van der Waals surface area (Å²) < 4.78 is 10.8. The summed E-state index contributed by atoms with van der Waals surface area (Å²) in [4.78, 5) is 35.2. The second kappa shape index (κ2) is 11.3. The second-order valence-corrected chi connectivity index (χ2v) is 8.08. The minimum atomic E-state index is -0.984.